The second-order valence-corrected chi connectivity index (χ2v) is 8.58. The van der Waals surface area contributed by atoms with E-state index >= 15 is 0 Å². The predicted molar refractivity (Wildman–Crippen MR) is 82.9 cm³/mol. The van der Waals surface area contributed by atoms with E-state index in [1.807, 2.05) is 6.92 Å². The standard InChI is InChI=1S/C14H17F3NO3PS/c1-3-8-23-22(19,20-4-2)21-13(10-18)11-6-5-7-12(9-11)14(15,16)17/h5-7,9,13H,3-4,8H2,1-2H3. The number of rotatable bonds is 8. The van der Waals surface area contributed by atoms with E-state index in [4.69, 9.17) is 9.05 Å². The van der Waals surface area contributed by atoms with Gasteiger partial charge in [-0.15, -0.1) is 0 Å². The van der Waals surface area contributed by atoms with Crippen molar-refractivity contribution in [3.8, 4) is 6.07 Å². The Bertz CT molecular complexity index is 604. The predicted octanol–water partition coefficient (Wildman–Crippen LogP) is 5.57. The van der Waals surface area contributed by atoms with Gasteiger partial charge >= 0.3 is 13.0 Å². The molecule has 0 saturated heterocycles. The van der Waals surface area contributed by atoms with Crippen LogP contribution in [0, 0.1) is 11.3 Å². The molecule has 9 heteroatoms. The van der Waals surface area contributed by atoms with Gasteiger partial charge in [0, 0.05) is 5.75 Å². The lowest BCUT2D eigenvalue weighted by molar-refractivity contribution is -0.137. The second-order valence-electron chi connectivity index (χ2n) is 4.44. The zero-order chi connectivity index (χ0) is 17.5. The van der Waals surface area contributed by atoms with Crippen molar-refractivity contribution in [2.45, 2.75) is 32.5 Å². The topological polar surface area (TPSA) is 59.3 Å². The molecule has 2 unspecified atom stereocenters. The smallest absolute Gasteiger partial charge is 0.301 e. The molecule has 128 valence electrons. The number of alkyl halides is 3. The van der Waals surface area contributed by atoms with Crippen LogP contribution in [-0.2, 0) is 19.8 Å². The molecule has 0 amide bonds. The molecule has 1 aromatic carbocycles. The van der Waals surface area contributed by atoms with Crippen molar-refractivity contribution in [2.75, 3.05) is 12.4 Å². The van der Waals surface area contributed by atoms with Crippen LogP contribution in [0.5, 0.6) is 0 Å². The molecule has 0 fully saturated rings. The van der Waals surface area contributed by atoms with Crippen molar-refractivity contribution >= 4 is 18.2 Å². The molecular formula is C14H17F3NO3PS. The van der Waals surface area contributed by atoms with Gasteiger partial charge in [0.05, 0.1) is 18.2 Å². The molecule has 1 aromatic rings. The van der Waals surface area contributed by atoms with Gasteiger partial charge in [0.15, 0.2) is 6.10 Å². The number of hydrogen-bond donors (Lipinski definition) is 0. The minimum absolute atomic E-state index is 0.0145. The summed E-state index contributed by atoms with van der Waals surface area (Å²) in [7, 11) is 0. The highest BCUT2D eigenvalue weighted by atomic mass is 32.7. The molecule has 0 heterocycles. The summed E-state index contributed by atoms with van der Waals surface area (Å²) in [5, 5.41) is 9.19. The van der Waals surface area contributed by atoms with Gasteiger partial charge in [0.25, 0.3) is 0 Å². The lowest BCUT2D eigenvalue weighted by Gasteiger charge is -2.20. The average Bonchev–Trinajstić information content (AvgIpc) is 2.50. The van der Waals surface area contributed by atoms with Gasteiger partial charge in [-0.3, -0.25) is 4.52 Å². The first-order chi connectivity index (χ1) is 10.8. The highest BCUT2D eigenvalue weighted by Gasteiger charge is 2.33. The molecule has 0 aromatic heterocycles. The van der Waals surface area contributed by atoms with Crippen molar-refractivity contribution in [2.24, 2.45) is 0 Å². The first-order valence-electron chi connectivity index (χ1n) is 6.90. The number of nitriles is 1. The summed E-state index contributed by atoms with van der Waals surface area (Å²) in [6.45, 7) is -0.0189. The normalized spacial score (nSPS) is 15.7. The Labute approximate surface area is 137 Å². The minimum Gasteiger partial charge on any atom is -0.301 e. The van der Waals surface area contributed by atoms with E-state index < -0.39 is 24.6 Å². The fourth-order valence-corrected chi connectivity index (χ4v) is 5.17. The fraction of sp³-hybridized carbons (Fsp3) is 0.500. The van der Waals surface area contributed by atoms with Crippen LogP contribution >= 0.6 is 18.2 Å². The fourth-order valence-electron chi connectivity index (χ4n) is 1.63. The van der Waals surface area contributed by atoms with E-state index in [0.29, 0.717) is 12.2 Å². The van der Waals surface area contributed by atoms with E-state index in [1.54, 1.807) is 13.0 Å². The molecule has 0 spiro atoms. The van der Waals surface area contributed by atoms with Crippen LogP contribution in [0.4, 0.5) is 13.2 Å². The van der Waals surface area contributed by atoms with E-state index in [0.717, 1.165) is 23.5 Å². The summed E-state index contributed by atoms with van der Waals surface area (Å²) >= 11 is 0.934. The summed E-state index contributed by atoms with van der Waals surface area (Å²) < 4.78 is 61.2. The molecule has 0 saturated carbocycles. The Morgan fingerprint density at radius 2 is 2.09 bits per heavy atom. The number of benzene rings is 1. The molecule has 2 atom stereocenters. The third kappa shape index (κ3) is 6.19. The number of halogens is 3. The van der Waals surface area contributed by atoms with Crippen LogP contribution in [0.2, 0.25) is 0 Å². The van der Waals surface area contributed by atoms with Crippen LogP contribution in [0.3, 0.4) is 0 Å². The summed E-state index contributed by atoms with van der Waals surface area (Å²) in [4.78, 5) is 0. The van der Waals surface area contributed by atoms with Gasteiger partial charge in [-0.1, -0.05) is 19.1 Å². The van der Waals surface area contributed by atoms with Crippen LogP contribution in [0.15, 0.2) is 24.3 Å². The van der Waals surface area contributed by atoms with Crippen molar-refractivity contribution < 1.29 is 26.8 Å². The summed E-state index contributed by atoms with van der Waals surface area (Å²) in [6.07, 6.45) is -5.22. The van der Waals surface area contributed by atoms with Gasteiger partial charge in [-0.05, 0) is 42.4 Å². The highest BCUT2D eigenvalue weighted by Crippen LogP contribution is 2.63. The first kappa shape index (κ1) is 20.0. The number of nitrogens with zero attached hydrogens (tertiary/aromatic N) is 1. The quantitative estimate of drug-likeness (QED) is 0.562. The molecular weight excluding hydrogens is 350 g/mol. The maximum absolute atomic E-state index is 12.8. The Balaban J connectivity index is 3.04. The Kier molecular flexibility index (Phi) is 7.62. The Hall–Kier alpha value is -1.00. The average molecular weight is 367 g/mol. The molecule has 4 nitrogen and oxygen atoms in total. The zero-order valence-corrected chi connectivity index (χ0v) is 14.4. The van der Waals surface area contributed by atoms with E-state index in [1.165, 1.54) is 12.1 Å². The minimum atomic E-state index is -4.53. The van der Waals surface area contributed by atoms with Crippen molar-refractivity contribution in [3.63, 3.8) is 0 Å². The van der Waals surface area contributed by atoms with Crippen molar-refractivity contribution in [3.05, 3.63) is 35.4 Å². The highest BCUT2D eigenvalue weighted by molar-refractivity contribution is 8.55. The molecule has 0 N–H and O–H groups in total. The molecule has 0 bridgehead atoms. The van der Waals surface area contributed by atoms with E-state index in [-0.39, 0.29) is 12.2 Å². The van der Waals surface area contributed by atoms with Crippen molar-refractivity contribution in [1.29, 1.82) is 5.26 Å². The second kappa shape index (κ2) is 8.74. The molecule has 0 radical (unpaired) electrons. The van der Waals surface area contributed by atoms with Crippen LogP contribution < -0.4 is 0 Å². The van der Waals surface area contributed by atoms with Crippen LogP contribution in [0.25, 0.3) is 0 Å². The summed E-state index contributed by atoms with van der Waals surface area (Å²) in [5.74, 6) is 0.484. The lowest BCUT2D eigenvalue weighted by atomic mass is 10.1. The van der Waals surface area contributed by atoms with E-state index in [9.17, 15) is 23.0 Å². The van der Waals surface area contributed by atoms with Gasteiger partial charge in [-0.2, -0.15) is 18.4 Å². The number of hydrogen-bond acceptors (Lipinski definition) is 5. The van der Waals surface area contributed by atoms with Gasteiger partial charge in [-0.25, -0.2) is 4.57 Å². The largest absolute Gasteiger partial charge is 0.416 e. The third-order valence-electron chi connectivity index (χ3n) is 2.61. The Morgan fingerprint density at radius 1 is 1.39 bits per heavy atom. The molecule has 23 heavy (non-hydrogen) atoms. The summed E-state index contributed by atoms with van der Waals surface area (Å²) in [6, 6.07) is 5.94. The molecule has 1 rings (SSSR count). The first-order valence-corrected chi connectivity index (χ1v) is 10.0. The maximum atomic E-state index is 12.8. The summed E-state index contributed by atoms with van der Waals surface area (Å²) in [5.41, 5.74) is -0.911. The van der Waals surface area contributed by atoms with Crippen molar-refractivity contribution in [1.82, 2.24) is 0 Å². The molecule has 0 aliphatic carbocycles. The lowest BCUT2D eigenvalue weighted by Crippen LogP contribution is -2.07. The third-order valence-corrected chi connectivity index (χ3v) is 6.63. The SMILES string of the molecule is CCCSP(=O)(OCC)OC(C#N)c1cccc(C(F)(F)F)c1. The van der Waals surface area contributed by atoms with Gasteiger partial charge in [0.2, 0.25) is 0 Å². The van der Waals surface area contributed by atoms with E-state index in [2.05, 4.69) is 0 Å². The van der Waals surface area contributed by atoms with Gasteiger partial charge < -0.3 is 4.52 Å². The molecule has 0 aliphatic heterocycles. The Morgan fingerprint density at radius 3 is 2.61 bits per heavy atom. The maximum Gasteiger partial charge on any atom is 0.416 e. The van der Waals surface area contributed by atoms with Gasteiger partial charge in [0.1, 0.15) is 0 Å². The monoisotopic (exact) mass is 367 g/mol. The van der Waals surface area contributed by atoms with Crippen LogP contribution in [0.1, 0.15) is 37.5 Å². The molecule has 0 aliphatic rings. The zero-order valence-electron chi connectivity index (χ0n) is 12.7. The van der Waals surface area contributed by atoms with Crippen LogP contribution in [-0.4, -0.2) is 12.4 Å².